The summed E-state index contributed by atoms with van der Waals surface area (Å²) < 4.78 is 7.41. The van der Waals surface area contributed by atoms with E-state index in [9.17, 15) is 9.59 Å². The van der Waals surface area contributed by atoms with Crippen LogP contribution in [0.4, 0.5) is 0 Å². The number of hydrazine groups is 1. The topological polar surface area (TPSA) is 103 Å². The van der Waals surface area contributed by atoms with Crippen LogP contribution in [0, 0.1) is 17.4 Å². The van der Waals surface area contributed by atoms with Gasteiger partial charge < -0.3 is 4.42 Å². The summed E-state index contributed by atoms with van der Waals surface area (Å²) in [4.78, 5) is 27.6. The summed E-state index contributed by atoms with van der Waals surface area (Å²) in [5.74, 6) is 5.20. The third kappa shape index (κ3) is 2.75. The minimum atomic E-state index is -0.502. The molecule has 20 heavy (non-hydrogen) atoms. The number of rotatable bonds is 3. The predicted molar refractivity (Wildman–Crippen MR) is 80.2 cm³/mol. The molecule has 2 heterocycles. The molecule has 0 fully saturated rings. The molecule has 2 rings (SSSR count). The fourth-order valence-corrected chi connectivity index (χ4v) is 2.19. The van der Waals surface area contributed by atoms with Crippen molar-refractivity contribution in [2.45, 2.75) is 20.4 Å². The maximum atomic E-state index is 12.1. The lowest BCUT2D eigenvalue weighted by Gasteiger charge is -2.04. The summed E-state index contributed by atoms with van der Waals surface area (Å²) in [7, 11) is 0. The van der Waals surface area contributed by atoms with Crippen LogP contribution in [-0.4, -0.2) is 15.5 Å². The van der Waals surface area contributed by atoms with Gasteiger partial charge in [0.1, 0.15) is 5.76 Å². The molecule has 3 N–H and O–H groups in total. The number of nitrogens with two attached hydrogens (primary N) is 1. The second-order valence-electron chi connectivity index (χ2n) is 4.28. The first-order chi connectivity index (χ1) is 9.43. The van der Waals surface area contributed by atoms with Gasteiger partial charge in [-0.3, -0.25) is 19.6 Å². The number of carbonyl (C=O) groups excluding carboxylic acids is 1. The van der Waals surface area contributed by atoms with Crippen molar-refractivity contribution in [3.63, 3.8) is 0 Å². The Labute approximate surface area is 128 Å². The van der Waals surface area contributed by atoms with Crippen LogP contribution in [-0.2, 0) is 6.54 Å². The summed E-state index contributed by atoms with van der Waals surface area (Å²) in [6.45, 7) is 3.71. The molecule has 0 bridgehead atoms. The molecule has 0 unspecified atom stereocenters. The molecule has 8 heteroatoms. The van der Waals surface area contributed by atoms with E-state index in [4.69, 9.17) is 10.3 Å². The number of nitrogens with zero attached hydrogens (tertiary/aromatic N) is 2. The SMILES string of the molecule is Cc1cc(Cn2cnc(C)c(I)c2=O)oc1C(=O)NN. The van der Waals surface area contributed by atoms with E-state index < -0.39 is 5.91 Å². The van der Waals surface area contributed by atoms with Crippen LogP contribution in [0.3, 0.4) is 0 Å². The van der Waals surface area contributed by atoms with Gasteiger partial charge in [0.15, 0.2) is 5.76 Å². The Morgan fingerprint density at radius 2 is 2.25 bits per heavy atom. The Balaban J connectivity index is 2.34. The van der Waals surface area contributed by atoms with Crippen LogP contribution in [0.25, 0.3) is 0 Å². The second-order valence-corrected chi connectivity index (χ2v) is 5.35. The zero-order valence-electron chi connectivity index (χ0n) is 10.9. The lowest BCUT2D eigenvalue weighted by molar-refractivity contribution is 0.0923. The van der Waals surface area contributed by atoms with Gasteiger partial charge in [-0.15, -0.1) is 0 Å². The summed E-state index contributed by atoms with van der Waals surface area (Å²) >= 11 is 1.96. The van der Waals surface area contributed by atoms with E-state index in [1.807, 2.05) is 28.0 Å². The second kappa shape index (κ2) is 5.75. The highest BCUT2D eigenvalue weighted by molar-refractivity contribution is 14.1. The molecule has 0 spiro atoms. The van der Waals surface area contributed by atoms with Gasteiger partial charge in [-0.25, -0.2) is 10.8 Å². The molecule has 2 aromatic heterocycles. The summed E-state index contributed by atoms with van der Waals surface area (Å²) in [6.07, 6.45) is 1.46. The molecular formula is C12H13IN4O3. The zero-order chi connectivity index (χ0) is 14.9. The summed E-state index contributed by atoms with van der Waals surface area (Å²) in [5.41, 5.74) is 3.21. The van der Waals surface area contributed by atoms with Gasteiger partial charge in [-0.05, 0) is 42.5 Å². The van der Waals surface area contributed by atoms with Crippen LogP contribution in [0.5, 0.6) is 0 Å². The number of furan rings is 1. The minimum absolute atomic E-state index is 0.142. The van der Waals surface area contributed by atoms with E-state index in [-0.39, 0.29) is 17.9 Å². The molecule has 0 radical (unpaired) electrons. The molecule has 2 aromatic rings. The number of aromatic nitrogens is 2. The van der Waals surface area contributed by atoms with Gasteiger partial charge in [0.2, 0.25) is 0 Å². The van der Waals surface area contributed by atoms with Gasteiger partial charge in [0.25, 0.3) is 5.56 Å². The molecule has 0 aliphatic heterocycles. The lowest BCUT2D eigenvalue weighted by Crippen LogP contribution is -2.30. The predicted octanol–water partition coefficient (Wildman–Crippen LogP) is 0.710. The maximum Gasteiger partial charge on any atom is 0.301 e. The molecular weight excluding hydrogens is 375 g/mol. The first-order valence-corrected chi connectivity index (χ1v) is 6.83. The van der Waals surface area contributed by atoms with Crippen LogP contribution in [0.15, 0.2) is 21.6 Å². The third-order valence-electron chi connectivity index (χ3n) is 2.79. The van der Waals surface area contributed by atoms with Gasteiger partial charge in [-0.2, -0.15) is 0 Å². The average molecular weight is 388 g/mol. The van der Waals surface area contributed by atoms with Gasteiger partial charge >= 0.3 is 5.91 Å². The van der Waals surface area contributed by atoms with Crippen molar-refractivity contribution < 1.29 is 9.21 Å². The standard InChI is InChI=1S/C12H13IN4O3/c1-6-3-8(20-10(6)11(18)16-14)4-17-5-15-7(2)9(13)12(17)19/h3,5H,4,14H2,1-2H3,(H,16,18). The Morgan fingerprint density at radius 1 is 1.55 bits per heavy atom. The van der Waals surface area contributed by atoms with E-state index in [2.05, 4.69) is 4.98 Å². The smallest absolute Gasteiger partial charge is 0.301 e. The summed E-state index contributed by atoms with van der Waals surface area (Å²) in [6, 6.07) is 1.70. The maximum absolute atomic E-state index is 12.1. The molecule has 0 aliphatic carbocycles. The number of hydrogen-bond acceptors (Lipinski definition) is 5. The molecule has 0 aromatic carbocycles. The van der Waals surface area contributed by atoms with Gasteiger partial charge in [-0.1, -0.05) is 0 Å². The van der Waals surface area contributed by atoms with E-state index in [1.54, 1.807) is 19.9 Å². The average Bonchev–Trinajstić information content (AvgIpc) is 2.79. The van der Waals surface area contributed by atoms with Gasteiger partial charge in [0, 0.05) is 5.56 Å². The van der Waals surface area contributed by atoms with Crippen molar-refractivity contribution in [3.8, 4) is 0 Å². The minimum Gasteiger partial charge on any atom is -0.454 e. The van der Waals surface area contributed by atoms with Crippen LogP contribution < -0.4 is 16.8 Å². The number of nitrogen functional groups attached to an aromatic ring is 1. The van der Waals surface area contributed by atoms with E-state index in [1.165, 1.54) is 10.9 Å². The fraction of sp³-hybridized carbons (Fsp3) is 0.250. The van der Waals surface area contributed by atoms with Crippen LogP contribution >= 0.6 is 22.6 Å². The molecule has 106 valence electrons. The number of amides is 1. The molecule has 7 nitrogen and oxygen atoms in total. The first kappa shape index (κ1) is 14.7. The van der Waals surface area contributed by atoms with Crippen molar-refractivity contribution in [3.05, 3.63) is 49.1 Å². The highest BCUT2D eigenvalue weighted by Gasteiger charge is 2.15. The Kier molecular flexibility index (Phi) is 4.23. The van der Waals surface area contributed by atoms with Crippen molar-refractivity contribution >= 4 is 28.5 Å². The van der Waals surface area contributed by atoms with E-state index >= 15 is 0 Å². The molecule has 0 saturated heterocycles. The normalized spacial score (nSPS) is 10.6. The monoisotopic (exact) mass is 388 g/mol. The largest absolute Gasteiger partial charge is 0.454 e. The number of carbonyl (C=O) groups is 1. The highest BCUT2D eigenvalue weighted by atomic mass is 127. The Hall–Kier alpha value is -1.68. The molecule has 0 saturated carbocycles. The number of nitrogens with one attached hydrogen (secondary N) is 1. The number of halogens is 1. The molecule has 0 aliphatic rings. The molecule has 1 amide bonds. The summed E-state index contributed by atoms with van der Waals surface area (Å²) in [5, 5.41) is 0. The Bertz CT molecular complexity index is 720. The fourth-order valence-electron chi connectivity index (χ4n) is 1.74. The first-order valence-electron chi connectivity index (χ1n) is 5.75. The van der Waals surface area contributed by atoms with Gasteiger partial charge in [0.05, 0.1) is 22.1 Å². The quantitative estimate of drug-likeness (QED) is 0.349. The Morgan fingerprint density at radius 3 is 2.90 bits per heavy atom. The number of hydrogen-bond donors (Lipinski definition) is 2. The number of aryl methyl sites for hydroxylation is 2. The third-order valence-corrected chi connectivity index (χ3v) is 4.03. The highest BCUT2D eigenvalue weighted by Crippen LogP contribution is 2.15. The van der Waals surface area contributed by atoms with Crippen molar-refractivity contribution in [2.24, 2.45) is 5.84 Å². The van der Waals surface area contributed by atoms with Crippen molar-refractivity contribution in [1.82, 2.24) is 15.0 Å². The van der Waals surface area contributed by atoms with Crippen molar-refractivity contribution in [1.29, 1.82) is 0 Å². The van der Waals surface area contributed by atoms with Crippen LogP contribution in [0.2, 0.25) is 0 Å². The van der Waals surface area contributed by atoms with E-state index in [0.717, 1.165) is 0 Å². The zero-order valence-corrected chi connectivity index (χ0v) is 13.1. The lowest BCUT2D eigenvalue weighted by atomic mass is 10.2. The molecule has 0 atom stereocenters. The van der Waals surface area contributed by atoms with Crippen molar-refractivity contribution in [2.75, 3.05) is 0 Å². The van der Waals surface area contributed by atoms with Crippen LogP contribution in [0.1, 0.15) is 27.6 Å². The van der Waals surface area contributed by atoms with E-state index in [0.29, 0.717) is 20.6 Å².